The fraction of sp³-hybridized carbons (Fsp3) is 0.235. The van der Waals surface area contributed by atoms with Crippen molar-refractivity contribution < 1.29 is 18.8 Å². The van der Waals surface area contributed by atoms with Gasteiger partial charge >= 0.3 is 0 Å². The molecular weight excluding hydrogens is 365 g/mol. The van der Waals surface area contributed by atoms with Crippen LogP contribution in [0, 0.1) is 15.9 Å². The molecule has 0 aromatic heterocycles. The predicted octanol–water partition coefficient (Wildman–Crippen LogP) is 3.48. The third kappa shape index (κ3) is 3.76. The highest BCUT2D eigenvalue weighted by atomic mass is 35.5. The van der Waals surface area contributed by atoms with Crippen molar-refractivity contribution in [1.29, 1.82) is 0 Å². The minimum atomic E-state index is -0.688. The van der Waals surface area contributed by atoms with E-state index < -0.39 is 16.6 Å². The molecule has 1 aliphatic rings. The van der Waals surface area contributed by atoms with E-state index in [1.807, 2.05) is 0 Å². The van der Waals surface area contributed by atoms with Crippen molar-refractivity contribution in [3.8, 4) is 0 Å². The Bertz CT molecular complexity index is 856. The zero-order valence-corrected chi connectivity index (χ0v) is 14.3. The second kappa shape index (κ2) is 7.67. The first-order chi connectivity index (χ1) is 12.5. The molecule has 26 heavy (non-hydrogen) atoms. The van der Waals surface area contributed by atoms with Gasteiger partial charge in [0.15, 0.2) is 0 Å². The van der Waals surface area contributed by atoms with Crippen molar-refractivity contribution in [2.45, 2.75) is 0 Å². The minimum absolute atomic E-state index is 0.00148. The van der Waals surface area contributed by atoms with Crippen molar-refractivity contribution >= 4 is 34.6 Å². The van der Waals surface area contributed by atoms with Gasteiger partial charge in [0.05, 0.1) is 34.4 Å². The second-order valence-corrected chi connectivity index (χ2v) is 6.02. The number of nitrogens with one attached hydrogen (secondary N) is 1. The summed E-state index contributed by atoms with van der Waals surface area (Å²) in [5, 5.41) is 13.9. The van der Waals surface area contributed by atoms with Gasteiger partial charge in [0.2, 0.25) is 0 Å². The van der Waals surface area contributed by atoms with E-state index >= 15 is 0 Å². The lowest BCUT2D eigenvalue weighted by Crippen LogP contribution is -2.36. The van der Waals surface area contributed by atoms with Crippen molar-refractivity contribution in [2.24, 2.45) is 0 Å². The van der Waals surface area contributed by atoms with Gasteiger partial charge in [0.25, 0.3) is 11.6 Å². The number of nitro benzene ring substituents is 1. The molecule has 2 aromatic rings. The first-order valence-corrected chi connectivity index (χ1v) is 8.21. The minimum Gasteiger partial charge on any atom is -0.378 e. The number of hydrogen-bond donors (Lipinski definition) is 1. The molecule has 0 atom stereocenters. The zero-order valence-electron chi connectivity index (χ0n) is 13.6. The summed E-state index contributed by atoms with van der Waals surface area (Å²) in [5.74, 6) is -1.36. The number of carbonyl (C=O) groups excluding carboxylic acids is 1. The van der Waals surface area contributed by atoms with Gasteiger partial charge in [0, 0.05) is 19.2 Å². The number of nitro groups is 1. The molecule has 1 heterocycles. The zero-order chi connectivity index (χ0) is 18.7. The van der Waals surface area contributed by atoms with Crippen molar-refractivity contribution in [2.75, 3.05) is 36.5 Å². The van der Waals surface area contributed by atoms with Gasteiger partial charge in [-0.25, -0.2) is 4.39 Å². The summed E-state index contributed by atoms with van der Waals surface area (Å²) in [7, 11) is 0. The maximum atomic E-state index is 13.8. The Morgan fingerprint density at radius 3 is 2.62 bits per heavy atom. The first-order valence-electron chi connectivity index (χ1n) is 7.84. The maximum absolute atomic E-state index is 13.8. The SMILES string of the molecule is O=C(Nc1cc(N2CCOCC2)c([N+](=O)[O-])cc1Cl)c1ccccc1F. The van der Waals surface area contributed by atoms with Crippen LogP contribution >= 0.6 is 11.6 Å². The number of benzene rings is 2. The number of morpholine rings is 1. The molecule has 0 spiro atoms. The molecule has 0 radical (unpaired) electrons. The smallest absolute Gasteiger partial charge is 0.294 e. The van der Waals surface area contributed by atoms with E-state index in [0.717, 1.165) is 0 Å². The Labute approximate surface area is 153 Å². The average Bonchev–Trinajstić information content (AvgIpc) is 2.64. The molecule has 9 heteroatoms. The highest BCUT2D eigenvalue weighted by Crippen LogP contribution is 2.37. The number of halogens is 2. The average molecular weight is 380 g/mol. The Morgan fingerprint density at radius 2 is 1.96 bits per heavy atom. The quantitative estimate of drug-likeness (QED) is 0.649. The first kappa shape index (κ1) is 18.1. The molecule has 1 saturated heterocycles. The number of ether oxygens (including phenoxy) is 1. The number of rotatable bonds is 4. The monoisotopic (exact) mass is 379 g/mol. The molecule has 1 amide bonds. The summed E-state index contributed by atoms with van der Waals surface area (Å²) >= 11 is 6.10. The highest BCUT2D eigenvalue weighted by molar-refractivity contribution is 6.34. The van der Waals surface area contributed by atoms with Crippen LogP contribution in [0.1, 0.15) is 10.4 Å². The maximum Gasteiger partial charge on any atom is 0.294 e. The van der Waals surface area contributed by atoms with Crippen LogP contribution in [-0.4, -0.2) is 37.1 Å². The van der Waals surface area contributed by atoms with E-state index in [-0.39, 0.29) is 22.0 Å². The summed E-state index contributed by atoms with van der Waals surface area (Å²) < 4.78 is 19.0. The molecule has 0 aliphatic carbocycles. The summed E-state index contributed by atoms with van der Waals surface area (Å²) in [6, 6.07) is 8.14. The van der Waals surface area contributed by atoms with Gasteiger partial charge in [-0.05, 0) is 18.2 Å². The molecule has 7 nitrogen and oxygen atoms in total. The van der Waals surface area contributed by atoms with Crippen LogP contribution in [0.5, 0.6) is 0 Å². The van der Waals surface area contributed by atoms with Crippen LogP contribution in [0.2, 0.25) is 5.02 Å². The van der Waals surface area contributed by atoms with Gasteiger partial charge in [-0.15, -0.1) is 0 Å². The standard InChI is InChI=1S/C17H15ClFN3O4/c18-12-9-16(22(24)25)15(21-5-7-26-8-6-21)10-14(12)20-17(23)11-3-1-2-4-13(11)19/h1-4,9-10H,5-8H2,(H,20,23). The molecular formula is C17H15ClFN3O4. The third-order valence-corrected chi connectivity index (χ3v) is 4.29. The number of amides is 1. The number of hydrogen-bond acceptors (Lipinski definition) is 5. The summed E-state index contributed by atoms with van der Waals surface area (Å²) in [6.07, 6.45) is 0. The third-order valence-electron chi connectivity index (χ3n) is 3.98. The Kier molecular flexibility index (Phi) is 5.34. The molecule has 2 aromatic carbocycles. The van der Waals surface area contributed by atoms with E-state index in [0.29, 0.717) is 32.0 Å². The predicted molar refractivity (Wildman–Crippen MR) is 95.5 cm³/mol. The number of carbonyl (C=O) groups is 1. The molecule has 1 N–H and O–H groups in total. The van der Waals surface area contributed by atoms with E-state index in [4.69, 9.17) is 16.3 Å². The van der Waals surface area contributed by atoms with Gasteiger partial charge in [-0.2, -0.15) is 0 Å². The van der Waals surface area contributed by atoms with Gasteiger partial charge < -0.3 is 15.0 Å². The van der Waals surface area contributed by atoms with E-state index in [2.05, 4.69) is 5.32 Å². The normalized spacial score (nSPS) is 14.2. The van der Waals surface area contributed by atoms with Crippen LogP contribution in [0.25, 0.3) is 0 Å². The lowest BCUT2D eigenvalue weighted by atomic mass is 10.1. The fourth-order valence-electron chi connectivity index (χ4n) is 2.69. The highest BCUT2D eigenvalue weighted by Gasteiger charge is 2.25. The second-order valence-electron chi connectivity index (χ2n) is 5.61. The molecule has 0 bridgehead atoms. The van der Waals surface area contributed by atoms with Gasteiger partial charge in [-0.3, -0.25) is 14.9 Å². The van der Waals surface area contributed by atoms with Gasteiger partial charge in [0.1, 0.15) is 11.5 Å². The number of nitrogens with zero attached hydrogens (tertiary/aromatic N) is 2. The summed E-state index contributed by atoms with van der Waals surface area (Å²) in [5.41, 5.74) is 0.189. The summed E-state index contributed by atoms with van der Waals surface area (Å²) in [6.45, 7) is 1.83. The molecule has 0 saturated carbocycles. The summed E-state index contributed by atoms with van der Waals surface area (Å²) in [4.78, 5) is 24.9. The van der Waals surface area contributed by atoms with E-state index in [1.54, 1.807) is 4.90 Å². The van der Waals surface area contributed by atoms with E-state index in [1.165, 1.54) is 36.4 Å². The lowest BCUT2D eigenvalue weighted by molar-refractivity contribution is -0.384. The largest absolute Gasteiger partial charge is 0.378 e. The molecule has 136 valence electrons. The molecule has 1 fully saturated rings. The lowest BCUT2D eigenvalue weighted by Gasteiger charge is -2.29. The van der Waals surface area contributed by atoms with Crippen LogP contribution < -0.4 is 10.2 Å². The molecule has 0 unspecified atom stereocenters. The van der Waals surface area contributed by atoms with E-state index in [9.17, 15) is 19.3 Å². The fourth-order valence-corrected chi connectivity index (χ4v) is 2.89. The topological polar surface area (TPSA) is 84.7 Å². The molecule has 1 aliphatic heterocycles. The van der Waals surface area contributed by atoms with Crippen LogP contribution in [-0.2, 0) is 4.74 Å². The Hall–Kier alpha value is -2.71. The Balaban J connectivity index is 1.95. The van der Waals surface area contributed by atoms with Crippen LogP contribution in [0.3, 0.4) is 0 Å². The van der Waals surface area contributed by atoms with Crippen LogP contribution in [0.4, 0.5) is 21.5 Å². The molecule has 3 rings (SSSR count). The van der Waals surface area contributed by atoms with Crippen LogP contribution in [0.15, 0.2) is 36.4 Å². The van der Waals surface area contributed by atoms with Crippen molar-refractivity contribution in [1.82, 2.24) is 0 Å². The van der Waals surface area contributed by atoms with Crippen molar-refractivity contribution in [3.63, 3.8) is 0 Å². The Morgan fingerprint density at radius 1 is 1.27 bits per heavy atom. The number of anilines is 2. The van der Waals surface area contributed by atoms with Gasteiger partial charge in [-0.1, -0.05) is 23.7 Å². The van der Waals surface area contributed by atoms with Crippen molar-refractivity contribution in [3.05, 3.63) is 62.9 Å².